The van der Waals surface area contributed by atoms with Crippen molar-refractivity contribution in [1.82, 2.24) is 15.3 Å². The first kappa shape index (κ1) is 20.1. The SMILES string of the molecule is CCCc1cc(N2CCC(NCC(C)C)C2)nc(Nc2cccc(C#N)c2)n1. The lowest BCUT2D eigenvalue weighted by Gasteiger charge is -2.20. The van der Waals surface area contributed by atoms with E-state index in [4.69, 9.17) is 10.2 Å². The van der Waals surface area contributed by atoms with Gasteiger partial charge in [-0.3, -0.25) is 0 Å². The van der Waals surface area contributed by atoms with E-state index in [0.29, 0.717) is 23.5 Å². The van der Waals surface area contributed by atoms with Crippen LogP contribution in [0, 0.1) is 17.2 Å². The van der Waals surface area contributed by atoms with Crippen LogP contribution in [0.1, 0.15) is 44.9 Å². The minimum absolute atomic E-state index is 0.510. The van der Waals surface area contributed by atoms with Crippen LogP contribution >= 0.6 is 0 Å². The molecule has 1 atom stereocenters. The quantitative estimate of drug-likeness (QED) is 0.726. The Bertz CT molecular complexity index is 826. The Morgan fingerprint density at radius 1 is 1.29 bits per heavy atom. The molecule has 1 fully saturated rings. The Hall–Kier alpha value is -2.65. The number of anilines is 3. The lowest BCUT2D eigenvalue weighted by atomic mass is 10.2. The zero-order chi connectivity index (χ0) is 19.9. The summed E-state index contributed by atoms with van der Waals surface area (Å²) in [6, 6.07) is 12.2. The van der Waals surface area contributed by atoms with Crippen LogP contribution in [0.5, 0.6) is 0 Å². The third-order valence-electron chi connectivity index (χ3n) is 4.85. The standard InChI is InChI=1S/C22H30N6/c1-4-6-18-12-21(28-10-9-20(15-28)24-14-16(2)3)27-22(25-18)26-19-8-5-7-17(11-19)13-23/h5,7-8,11-12,16,20,24H,4,6,9-10,14-15H2,1-3H3,(H,25,26,27). The maximum Gasteiger partial charge on any atom is 0.229 e. The number of aryl methyl sites for hydroxylation is 1. The smallest absolute Gasteiger partial charge is 0.229 e. The fraction of sp³-hybridized carbons (Fsp3) is 0.500. The highest BCUT2D eigenvalue weighted by molar-refractivity contribution is 5.58. The summed E-state index contributed by atoms with van der Waals surface area (Å²) in [5.74, 6) is 2.23. The van der Waals surface area contributed by atoms with Crippen LogP contribution in [0.2, 0.25) is 0 Å². The molecule has 2 aromatic rings. The normalized spacial score (nSPS) is 16.4. The van der Waals surface area contributed by atoms with Crippen LogP contribution in [-0.2, 0) is 6.42 Å². The van der Waals surface area contributed by atoms with Crippen molar-refractivity contribution < 1.29 is 0 Å². The van der Waals surface area contributed by atoms with Crippen molar-refractivity contribution in [3.63, 3.8) is 0 Å². The number of benzene rings is 1. The molecule has 6 nitrogen and oxygen atoms in total. The molecule has 2 heterocycles. The summed E-state index contributed by atoms with van der Waals surface area (Å²) < 4.78 is 0. The largest absolute Gasteiger partial charge is 0.355 e. The zero-order valence-corrected chi connectivity index (χ0v) is 17.1. The molecule has 3 rings (SSSR count). The van der Waals surface area contributed by atoms with E-state index in [-0.39, 0.29) is 0 Å². The van der Waals surface area contributed by atoms with Crippen molar-refractivity contribution >= 4 is 17.5 Å². The fourth-order valence-electron chi connectivity index (χ4n) is 3.42. The van der Waals surface area contributed by atoms with Crippen LogP contribution in [0.15, 0.2) is 30.3 Å². The monoisotopic (exact) mass is 378 g/mol. The van der Waals surface area contributed by atoms with E-state index in [9.17, 15) is 0 Å². The maximum atomic E-state index is 9.11. The maximum absolute atomic E-state index is 9.11. The summed E-state index contributed by atoms with van der Waals surface area (Å²) in [4.78, 5) is 11.8. The van der Waals surface area contributed by atoms with Gasteiger partial charge in [0.1, 0.15) is 5.82 Å². The molecule has 28 heavy (non-hydrogen) atoms. The lowest BCUT2D eigenvalue weighted by molar-refractivity contribution is 0.485. The van der Waals surface area contributed by atoms with Crippen LogP contribution in [-0.4, -0.2) is 35.6 Å². The molecule has 2 N–H and O–H groups in total. The molecule has 0 bridgehead atoms. The first-order chi connectivity index (χ1) is 13.6. The van der Waals surface area contributed by atoms with Gasteiger partial charge in [-0.25, -0.2) is 4.98 Å². The molecule has 1 saturated heterocycles. The summed E-state index contributed by atoms with van der Waals surface area (Å²) in [6.07, 6.45) is 3.09. The van der Waals surface area contributed by atoms with E-state index in [2.05, 4.69) is 53.4 Å². The summed E-state index contributed by atoms with van der Waals surface area (Å²) in [5.41, 5.74) is 2.50. The Balaban J connectivity index is 1.77. The number of hydrogen-bond acceptors (Lipinski definition) is 6. The van der Waals surface area contributed by atoms with Crippen molar-refractivity contribution in [1.29, 1.82) is 5.26 Å². The molecule has 1 aliphatic heterocycles. The molecule has 1 aliphatic rings. The summed E-state index contributed by atoms with van der Waals surface area (Å²) >= 11 is 0. The lowest BCUT2D eigenvalue weighted by Crippen LogP contribution is -2.35. The molecule has 0 saturated carbocycles. The predicted octanol–water partition coefficient (Wildman–Crippen LogP) is 3.87. The average molecular weight is 379 g/mol. The van der Waals surface area contributed by atoms with E-state index in [1.54, 1.807) is 6.07 Å². The minimum atomic E-state index is 0.510. The van der Waals surface area contributed by atoms with Gasteiger partial charge in [0.25, 0.3) is 0 Å². The van der Waals surface area contributed by atoms with E-state index in [0.717, 1.165) is 56.1 Å². The van der Waals surface area contributed by atoms with Crippen LogP contribution in [0.3, 0.4) is 0 Å². The number of aromatic nitrogens is 2. The molecule has 0 amide bonds. The fourth-order valence-corrected chi connectivity index (χ4v) is 3.42. The summed E-state index contributed by atoms with van der Waals surface area (Å²) in [6.45, 7) is 9.65. The summed E-state index contributed by atoms with van der Waals surface area (Å²) in [5, 5.41) is 16.0. The van der Waals surface area contributed by atoms with Crippen LogP contribution < -0.4 is 15.5 Å². The predicted molar refractivity (Wildman–Crippen MR) is 114 cm³/mol. The minimum Gasteiger partial charge on any atom is -0.355 e. The van der Waals surface area contributed by atoms with Crippen molar-refractivity contribution in [2.75, 3.05) is 29.9 Å². The molecule has 1 unspecified atom stereocenters. The van der Waals surface area contributed by atoms with Crippen molar-refractivity contribution in [2.45, 2.75) is 46.1 Å². The third-order valence-corrected chi connectivity index (χ3v) is 4.85. The molecule has 0 spiro atoms. The van der Waals surface area contributed by atoms with E-state index >= 15 is 0 Å². The van der Waals surface area contributed by atoms with E-state index in [1.807, 2.05) is 18.2 Å². The first-order valence-corrected chi connectivity index (χ1v) is 10.2. The molecule has 0 aliphatic carbocycles. The summed E-state index contributed by atoms with van der Waals surface area (Å²) in [7, 11) is 0. The van der Waals surface area contributed by atoms with Crippen molar-refractivity contribution in [3.8, 4) is 6.07 Å². The average Bonchev–Trinajstić information content (AvgIpc) is 3.16. The highest BCUT2D eigenvalue weighted by Gasteiger charge is 2.24. The second-order valence-corrected chi connectivity index (χ2v) is 7.84. The van der Waals surface area contributed by atoms with Gasteiger partial charge in [0.15, 0.2) is 0 Å². The van der Waals surface area contributed by atoms with E-state index < -0.39 is 0 Å². The Labute approximate surface area is 168 Å². The Morgan fingerprint density at radius 3 is 2.89 bits per heavy atom. The van der Waals surface area contributed by atoms with Crippen molar-refractivity contribution in [2.24, 2.45) is 5.92 Å². The number of nitrogens with zero attached hydrogens (tertiary/aromatic N) is 4. The van der Waals surface area contributed by atoms with Gasteiger partial charge in [-0.05, 0) is 43.5 Å². The molecular formula is C22H30N6. The van der Waals surface area contributed by atoms with Gasteiger partial charge in [-0.15, -0.1) is 0 Å². The third kappa shape index (κ3) is 5.43. The molecule has 148 valence electrons. The van der Waals surface area contributed by atoms with Gasteiger partial charge in [-0.1, -0.05) is 33.3 Å². The highest BCUT2D eigenvalue weighted by atomic mass is 15.3. The van der Waals surface area contributed by atoms with Crippen molar-refractivity contribution in [3.05, 3.63) is 41.6 Å². The Morgan fingerprint density at radius 2 is 2.14 bits per heavy atom. The van der Waals surface area contributed by atoms with Gasteiger partial charge in [-0.2, -0.15) is 10.2 Å². The van der Waals surface area contributed by atoms with Crippen LogP contribution in [0.4, 0.5) is 17.5 Å². The highest BCUT2D eigenvalue weighted by Crippen LogP contribution is 2.23. The molecule has 0 radical (unpaired) electrons. The Kier molecular flexibility index (Phi) is 6.83. The van der Waals surface area contributed by atoms with Crippen LogP contribution in [0.25, 0.3) is 0 Å². The zero-order valence-electron chi connectivity index (χ0n) is 17.1. The number of nitrogens with one attached hydrogen (secondary N) is 2. The topological polar surface area (TPSA) is 76.9 Å². The first-order valence-electron chi connectivity index (χ1n) is 10.2. The molecule has 1 aromatic heterocycles. The van der Waals surface area contributed by atoms with Gasteiger partial charge in [0.2, 0.25) is 5.95 Å². The molecular weight excluding hydrogens is 348 g/mol. The second kappa shape index (κ2) is 9.52. The van der Waals surface area contributed by atoms with Gasteiger partial charge in [0, 0.05) is 36.6 Å². The number of nitriles is 1. The second-order valence-electron chi connectivity index (χ2n) is 7.84. The van der Waals surface area contributed by atoms with Gasteiger partial charge < -0.3 is 15.5 Å². The van der Waals surface area contributed by atoms with E-state index in [1.165, 1.54) is 0 Å². The molecule has 1 aromatic carbocycles. The van der Waals surface area contributed by atoms with Gasteiger partial charge >= 0.3 is 0 Å². The number of rotatable bonds is 8. The van der Waals surface area contributed by atoms with Gasteiger partial charge in [0.05, 0.1) is 11.6 Å². The number of hydrogen-bond donors (Lipinski definition) is 2. The molecule has 6 heteroatoms.